The Kier molecular flexibility index (Phi) is 4.95. The summed E-state index contributed by atoms with van der Waals surface area (Å²) in [6.45, 7) is 5.79. The Bertz CT molecular complexity index is 900. The summed E-state index contributed by atoms with van der Waals surface area (Å²) >= 11 is 0. The number of rotatable bonds is 3. The van der Waals surface area contributed by atoms with Crippen molar-refractivity contribution in [1.82, 2.24) is 5.16 Å². The molecule has 1 aliphatic rings. The Morgan fingerprint density at radius 1 is 1.25 bits per heavy atom. The molecule has 2 amide bonds. The lowest BCUT2D eigenvalue weighted by Gasteiger charge is -2.18. The van der Waals surface area contributed by atoms with E-state index >= 15 is 0 Å². The van der Waals surface area contributed by atoms with Gasteiger partial charge >= 0.3 is 6.18 Å². The summed E-state index contributed by atoms with van der Waals surface area (Å²) in [5.41, 5.74) is -1.01. The Balaban J connectivity index is 1.70. The zero-order valence-corrected chi connectivity index (χ0v) is 15.6. The highest BCUT2D eigenvalue weighted by Gasteiger charge is 2.37. The van der Waals surface area contributed by atoms with Gasteiger partial charge in [-0.05, 0) is 18.2 Å². The Hall–Kier alpha value is -2.84. The predicted octanol–water partition coefficient (Wildman–Crippen LogP) is 3.98. The van der Waals surface area contributed by atoms with E-state index in [4.69, 9.17) is 4.52 Å². The highest BCUT2D eigenvalue weighted by atomic mass is 19.4. The molecule has 0 radical (unpaired) electrons. The van der Waals surface area contributed by atoms with Gasteiger partial charge in [-0.1, -0.05) is 32.0 Å². The molecule has 28 heavy (non-hydrogen) atoms. The fourth-order valence-corrected chi connectivity index (χ4v) is 2.90. The molecular formula is C19H20F3N3O3. The minimum Gasteiger partial charge on any atom is -0.359 e. The standard InChI is InChI=1S/C19H20F3N3O3/c1-18(2,3)14-9-15(24-28-14)23-17(27)11-7-16(26)25(10-11)13-6-4-5-12(8-13)19(20,21)22/h4-6,8-9,11H,7,10H2,1-3H3,(H,23,24,27). The second-order valence-electron chi connectivity index (χ2n) is 7.77. The number of amides is 2. The molecule has 1 saturated heterocycles. The van der Waals surface area contributed by atoms with Gasteiger partial charge in [0.1, 0.15) is 5.76 Å². The zero-order chi connectivity index (χ0) is 20.7. The summed E-state index contributed by atoms with van der Waals surface area (Å²) < 4.78 is 43.9. The van der Waals surface area contributed by atoms with Crippen LogP contribution in [-0.2, 0) is 21.2 Å². The topological polar surface area (TPSA) is 75.4 Å². The van der Waals surface area contributed by atoms with Crippen LogP contribution in [0.2, 0.25) is 0 Å². The van der Waals surface area contributed by atoms with Gasteiger partial charge in [-0.15, -0.1) is 0 Å². The van der Waals surface area contributed by atoms with Gasteiger partial charge in [0.05, 0.1) is 11.5 Å². The minimum atomic E-state index is -4.51. The van der Waals surface area contributed by atoms with Gasteiger partial charge < -0.3 is 14.7 Å². The van der Waals surface area contributed by atoms with Crippen molar-refractivity contribution in [3.63, 3.8) is 0 Å². The third kappa shape index (κ3) is 4.18. The van der Waals surface area contributed by atoms with E-state index in [2.05, 4.69) is 10.5 Å². The smallest absolute Gasteiger partial charge is 0.359 e. The average molecular weight is 395 g/mol. The molecule has 1 N–H and O–H groups in total. The van der Waals surface area contributed by atoms with Crippen molar-refractivity contribution in [1.29, 1.82) is 0 Å². The molecule has 1 aromatic carbocycles. The largest absolute Gasteiger partial charge is 0.416 e. The maximum atomic E-state index is 12.9. The van der Waals surface area contributed by atoms with Gasteiger partial charge in [0.15, 0.2) is 5.82 Å². The molecule has 2 heterocycles. The summed E-state index contributed by atoms with van der Waals surface area (Å²) in [5, 5.41) is 6.40. The molecule has 3 rings (SSSR count). The number of aromatic nitrogens is 1. The number of alkyl halides is 3. The van der Waals surface area contributed by atoms with Crippen molar-refractivity contribution < 1.29 is 27.3 Å². The molecule has 0 spiro atoms. The normalized spacial score (nSPS) is 17.9. The van der Waals surface area contributed by atoms with Crippen molar-refractivity contribution in [3.05, 3.63) is 41.7 Å². The minimum absolute atomic E-state index is 0.00401. The van der Waals surface area contributed by atoms with Crippen LogP contribution in [0.3, 0.4) is 0 Å². The number of nitrogens with zero attached hydrogens (tertiary/aromatic N) is 2. The predicted molar refractivity (Wildman–Crippen MR) is 95.7 cm³/mol. The van der Waals surface area contributed by atoms with E-state index in [1.807, 2.05) is 20.8 Å². The molecule has 6 nitrogen and oxygen atoms in total. The molecule has 1 unspecified atom stereocenters. The van der Waals surface area contributed by atoms with Gasteiger partial charge in [0, 0.05) is 30.1 Å². The van der Waals surface area contributed by atoms with Crippen LogP contribution >= 0.6 is 0 Å². The second kappa shape index (κ2) is 6.96. The number of anilines is 2. The van der Waals surface area contributed by atoms with Crippen molar-refractivity contribution in [2.75, 3.05) is 16.8 Å². The third-order valence-corrected chi connectivity index (χ3v) is 4.48. The number of carbonyl (C=O) groups is 2. The van der Waals surface area contributed by atoms with Gasteiger partial charge in [-0.25, -0.2) is 0 Å². The van der Waals surface area contributed by atoms with Crippen molar-refractivity contribution in [2.45, 2.75) is 38.8 Å². The van der Waals surface area contributed by atoms with Gasteiger partial charge in [0.2, 0.25) is 11.8 Å². The maximum absolute atomic E-state index is 12.9. The van der Waals surface area contributed by atoms with Crippen molar-refractivity contribution >= 4 is 23.3 Å². The fraction of sp³-hybridized carbons (Fsp3) is 0.421. The van der Waals surface area contributed by atoms with E-state index in [0.717, 1.165) is 12.1 Å². The monoisotopic (exact) mass is 395 g/mol. The van der Waals surface area contributed by atoms with Gasteiger partial charge in [-0.2, -0.15) is 13.2 Å². The molecule has 0 saturated carbocycles. The van der Waals surface area contributed by atoms with Crippen LogP contribution in [0, 0.1) is 5.92 Å². The number of benzene rings is 1. The molecule has 0 aliphatic carbocycles. The lowest BCUT2D eigenvalue weighted by Crippen LogP contribution is -2.28. The molecule has 1 atom stereocenters. The van der Waals surface area contributed by atoms with E-state index in [9.17, 15) is 22.8 Å². The molecule has 1 aromatic heterocycles. The second-order valence-corrected chi connectivity index (χ2v) is 7.77. The molecule has 1 aliphatic heterocycles. The van der Waals surface area contributed by atoms with Crippen LogP contribution in [0.15, 0.2) is 34.9 Å². The van der Waals surface area contributed by atoms with Gasteiger partial charge in [-0.3, -0.25) is 9.59 Å². The van der Waals surface area contributed by atoms with E-state index in [1.54, 1.807) is 6.07 Å². The summed E-state index contributed by atoms with van der Waals surface area (Å²) in [5.74, 6) is -0.709. The third-order valence-electron chi connectivity index (χ3n) is 4.48. The zero-order valence-electron chi connectivity index (χ0n) is 15.6. The highest BCUT2D eigenvalue weighted by Crippen LogP contribution is 2.33. The Morgan fingerprint density at radius 3 is 2.57 bits per heavy atom. The first kappa shape index (κ1) is 19.9. The van der Waals surface area contributed by atoms with Crippen LogP contribution < -0.4 is 10.2 Å². The molecule has 2 aromatic rings. The lowest BCUT2D eigenvalue weighted by molar-refractivity contribution is -0.137. The first-order valence-corrected chi connectivity index (χ1v) is 8.71. The van der Waals surface area contributed by atoms with Crippen molar-refractivity contribution in [2.24, 2.45) is 5.92 Å². The summed E-state index contributed by atoms with van der Waals surface area (Å²) in [6, 6.07) is 6.11. The van der Waals surface area contributed by atoms with Crippen LogP contribution in [0.25, 0.3) is 0 Å². The van der Waals surface area contributed by atoms with Crippen LogP contribution in [0.4, 0.5) is 24.7 Å². The number of nitrogens with one attached hydrogen (secondary N) is 1. The molecule has 1 fully saturated rings. The molecule has 0 bridgehead atoms. The van der Waals surface area contributed by atoms with Crippen LogP contribution in [0.1, 0.15) is 38.5 Å². The SMILES string of the molecule is CC(C)(C)c1cc(NC(=O)C2CC(=O)N(c3cccc(C(F)(F)F)c3)C2)no1. The quantitative estimate of drug-likeness (QED) is 0.853. The summed E-state index contributed by atoms with van der Waals surface area (Å²) in [6.07, 6.45) is -4.60. The maximum Gasteiger partial charge on any atom is 0.416 e. The average Bonchev–Trinajstić information content (AvgIpc) is 3.21. The number of carbonyl (C=O) groups excluding carboxylic acids is 2. The van der Waals surface area contributed by atoms with Gasteiger partial charge in [0.25, 0.3) is 0 Å². The number of halogens is 3. The lowest BCUT2D eigenvalue weighted by atomic mass is 9.93. The number of hydrogen-bond donors (Lipinski definition) is 1. The Labute approximate surface area is 159 Å². The van der Waals surface area contributed by atoms with E-state index < -0.39 is 29.5 Å². The van der Waals surface area contributed by atoms with E-state index in [-0.39, 0.29) is 29.9 Å². The molecule has 150 valence electrons. The molecule has 9 heteroatoms. The Morgan fingerprint density at radius 2 is 1.96 bits per heavy atom. The van der Waals surface area contributed by atoms with Crippen LogP contribution in [0.5, 0.6) is 0 Å². The van der Waals surface area contributed by atoms with E-state index in [1.165, 1.54) is 17.0 Å². The van der Waals surface area contributed by atoms with Crippen molar-refractivity contribution in [3.8, 4) is 0 Å². The first-order valence-electron chi connectivity index (χ1n) is 8.71. The molecular weight excluding hydrogens is 375 g/mol. The van der Waals surface area contributed by atoms with E-state index in [0.29, 0.717) is 5.76 Å². The summed E-state index contributed by atoms with van der Waals surface area (Å²) in [4.78, 5) is 25.9. The summed E-state index contributed by atoms with van der Waals surface area (Å²) in [7, 11) is 0. The first-order chi connectivity index (χ1) is 12.9. The van der Waals surface area contributed by atoms with Crippen LogP contribution in [-0.4, -0.2) is 23.5 Å². The highest BCUT2D eigenvalue weighted by molar-refractivity contribution is 6.03. The number of hydrogen-bond acceptors (Lipinski definition) is 4. The fourth-order valence-electron chi connectivity index (χ4n) is 2.90.